The van der Waals surface area contributed by atoms with Gasteiger partial charge in [-0.2, -0.15) is 0 Å². The molecule has 0 aromatic heterocycles. The second-order valence-corrected chi connectivity index (χ2v) is 3.32. The Morgan fingerprint density at radius 3 is 2.67 bits per heavy atom. The van der Waals surface area contributed by atoms with Gasteiger partial charge in [-0.05, 0) is 23.7 Å². The predicted octanol–water partition coefficient (Wildman–Crippen LogP) is 2.67. The van der Waals surface area contributed by atoms with E-state index in [9.17, 15) is 9.18 Å². The predicted molar refractivity (Wildman–Crippen MR) is 45.9 cm³/mol. The van der Waals surface area contributed by atoms with E-state index < -0.39 is 16.8 Å². The fourth-order valence-corrected chi connectivity index (χ4v) is 1.30. The van der Waals surface area contributed by atoms with E-state index in [-0.39, 0.29) is 5.56 Å². The van der Waals surface area contributed by atoms with E-state index >= 15 is 0 Å². The molecule has 0 spiro atoms. The maximum atomic E-state index is 12.9. The van der Waals surface area contributed by atoms with Crippen LogP contribution in [0.2, 0.25) is 0 Å². The minimum atomic E-state index is -1.00. The Morgan fingerprint density at radius 1 is 1.58 bits per heavy atom. The zero-order valence-electron chi connectivity index (χ0n) is 5.64. The van der Waals surface area contributed by atoms with Crippen LogP contribution in [0.5, 0.6) is 5.75 Å². The quantitative estimate of drug-likeness (QED) is 0.781. The van der Waals surface area contributed by atoms with Gasteiger partial charge in [-0.15, -0.1) is 0 Å². The third-order valence-electron chi connectivity index (χ3n) is 1.23. The van der Waals surface area contributed by atoms with Gasteiger partial charge < -0.3 is 5.11 Å². The first-order valence-corrected chi connectivity index (χ1v) is 4.07. The van der Waals surface area contributed by atoms with E-state index in [0.717, 1.165) is 6.07 Å². The zero-order chi connectivity index (χ0) is 9.30. The summed E-state index contributed by atoms with van der Waals surface area (Å²) in [4.78, 5) is 10.6. The number of rotatable bonds is 1. The molecule has 0 aliphatic carbocycles. The maximum absolute atomic E-state index is 12.9. The van der Waals surface area contributed by atoms with Crippen molar-refractivity contribution in [3.8, 4) is 5.75 Å². The Balaban J connectivity index is 3.37. The molecule has 0 atom stereocenters. The molecule has 0 saturated carbocycles. The molecule has 1 aromatic rings. The summed E-state index contributed by atoms with van der Waals surface area (Å²) >= 11 is 8.02. The van der Waals surface area contributed by atoms with Crippen LogP contribution in [0.1, 0.15) is 10.4 Å². The van der Waals surface area contributed by atoms with E-state index in [1.165, 1.54) is 6.07 Å². The van der Waals surface area contributed by atoms with Crippen LogP contribution >= 0.6 is 27.5 Å². The van der Waals surface area contributed by atoms with E-state index in [1.54, 1.807) is 0 Å². The molecule has 0 aliphatic heterocycles. The number of phenols is 1. The van der Waals surface area contributed by atoms with Gasteiger partial charge >= 0.3 is 0 Å². The highest BCUT2D eigenvalue weighted by atomic mass is 79.9. The molecule has 0 saturated heterocycles. The van der Waals surface area contributed by atoms with E-state index in [0.29, 0.717) is 4.47 Å². The van der Waals surface area contributed by atoms with Gasteiger partial charge in [-0.25, -0.2) is 4.39 Å². The number of halogens is 3. The summed E-state index contributed by atoms with van der Waals surface area (Å²) in [6.45, 7) is 0. The first-order valence-electron chi connectivity index (χ1n) is 2.90. The molecule has 0 radical (unpaired) electrons. The molecule has 2 nitrogen and oxygen atoms in total. The van der Waals surface area contributed by atoms with Crippen molar-refractivity contribution in [1.82, 2.24) is 0 Å². The standard InChI is InChI=1S/C7H3BrClFO2/c8-3-1-4(7(9)12)6(10)5(11)2-3/h1-2,11H. The Labute approximate surface area is 81.1 Å². The summed E-state index contributed by atoms with van der Waals surface area (Å²) in [5.41, 5.74) is -0.344. The van der Waals surface area contributed by atoms with Gasteiger partial charge in [0.25, 0.3) is 5.24 Å². The number of carbonyl (C=O) groups excluding carboxylic acids is 1. The summed E-state index contributed by atoms with van der Waals surface area (Å²) in [7, 11) is 0. The first kappa shape index (κ1) is 9.48. The minimum Gasteiger partial charge on any atom is -0.505 e. The van der Waals surface area contributed by atoms with Crippen molar-refractivity contribution >= 4 is 32.8 Å². The highest BCUT2D eigenvalue weighted by Crippen LogP contribution is 2.25. The molecule has 12 heavy (non-hydrogen) atoms. The Hall–Kier alpha value is -0.610. The summed E-state index contributed by atoms with van der Waals surface area (Å²) in [5.74, 6) is -1.61. The lowest BCUT2D eigenvalue weighted by Crippen LogP contribution is -1.94. The molecule has 1 aromatic carbocycles. The molecule has 0 heterocycles. The van der Waals surface area contributed by atoms with Crippen LogP contribution in [0.15, 0.2) is 16.6 Å². The van der Waals surface area contributed by atoms with Crippen molar-refractivity contribution in [1.29, 1.82) is 0 Å². The molecule has 5 heteroatoms. The van der Waals surface area contributed by atoms with Crippen LogP contribution in [0, 0.1) is 5.82 Å². The largest absolute Gasteiger partial charge is 0.505 e. The Kier molecular flexibility index (Phi) is 2.69. The molecular weight excluding hydrogens is 250 g/mol. The van der Waals surface area contributed by atoms with Crippen LogP contribution in [-0.2, 0) is 0 Å². The van der Waals surface area contributed by atoms with E-state index in [4.69, 9.17) is 16.7 Å². The van der Waals surface area contributed by atoms with Crippen LogP contribution in [-0.4, -0.2) is 10.3 Å². The Bertz CT molecular complexity index is 340. The molecule has 0 bridgehead atoms. The Morgan fingerprint density at radius 2 is 2.17 bits per heavy atom. The number of hydrogen-bond donors (Lipinski definition) is 1. The second-order valence-electron chi connectivity index (χ2n) is 2.06. The molecule has 1 rings (SSSR count). The molecule has 0 unspecified atom stereocenters. The normalized spacial score (nSPS) is 9.92. The first-order chi connectivity index (χ1) is 5.52. The number of benzene rings is 1. The number of carbonyl (C=O) groups is 1. The van der Waals surface area contributed by atoms with Gasteiger partial charge in [0.2, 0.25) is 0 Å². The lowest BCUT2D eigenvalue weighted by atomic mass is 10.2. The smallest absolute Gasteiger partial charge is 0.255 e. The van der Waals surface area contributed by atoms with Gasteiger partial charge in [0.1, 0.15) is 0 Å². The van der Waals surface area contributed by atoms with Crippen molar-refractivity contribution in [3.05, 3.63) is 28.0 Å². The van der Waals surface area contributed by atoms with Crippen molar-refractivity contribution in [2.24, 2.45) is 0 Å². The topological polar surface area (TPSA) is 37.3 Å². The zero-order valence-corrected chi connectivity index (χ0v) is 7.99. The fraction of sp³-hybridized carbons (Fsp3) is 0. The van der Waals surface area contributed by atoms with Crippen molar-refractivity contribution in [2.45, 2.75) is 0 Å². The van der Waals surface area contributed by atoms with E-state index in [2.05, 4.69) is 15.9 Å². The molecule has 0 amide bonds. The number of phenolic OH excluding ortho intramolecular Hbond substituents is 1. The summed E-state index contributed by atoms with van der Waals surface area (Å²) in [6, 6.07) is 2.34. The molecule has 64 valence electrons. The maximum Gasteiger partial charge on any atom is 0.255 e. The summed E-state index contributed by atoms with van der Waals surface area (Å²) < 4.78 is 13.3. The van der Waals surface area contributed by atoms with Crippen LogP contribution in [0.4, 0.5) is 4.39 Å². The SMILES string of the molecule is O=C(Cl)c1cc(Br)cc(O)c1F. The van der Waals surface area contributed by atoms with Gasteiger partial charge in [-0.1, -0.05) is 15.9 Å². The van der Waals surface area contributed by atoms with Crippen molar-refractivity contribution < 1.29 is 14.3 Å². The average Bonchev–Trinajstić information content (AvgIpc) is 1.96. The average molecular weight is 253 g/mol. The number of hydrogen-bond acceptors (Lipinski definition) is 2. The summed E-state index contributed by atoms with van der Waals surface area (Å²) in [6.07, 6.45) is 0. The van der Waals surface area contributed by atoms with Gasteiger partial charge in [0, 0.05) is 4.47 Å². The van der Waals surface area contributed by atoms with E-state index in [1.807, 2.05) is 0 Å². The van der Waals surface area contributed by atoms with Gasteiger partial charge in [0.15, 0.2) is 11.6 Å². The lowest BCUT2D eigenvalue weighted by Gasteiger charge is -2.00. The van der Waals surface area contributed by atoms with Crippen molar-refractivity contribution in [2.75, 3.05) is 0 Å². The lowest BCUT2D eigenvalue weighted by molar-refractivity contribution is 0.107. The molecular formula is C7H3BrClFO2. The van der Waals surface area contributed by atoms with Gasteiger partial charge in [0.05, 0.1) is 5.56 Å². The summed E-state index contributed by atoms with van der Waals surface area (Å²) in [5, 5.41) is 7.97. The van der Waals surface area contributed by atoms with Crippen LogP contribution in [0.3, 0.4) is 0 Å². The highest BCUT2D eigenvalue weighted by Gasteiger charge is 2.13. The van der Waals surface area contributed by atoms with Crippen LogP contribution < -0.4 is 0 Å². The third-order valence-corrected chi connectivity index (χ3v) is 1.89. The van der Waals surface area contributed by atoms with Crippen LogP contribution in [0.25, 0.3) is 0 Å². The third kappa shape index (κ3) is 1.76. The highest BCUT2D eigenvalue weighted by molar-refractivity contribution is 9.10. The number of aromatic hydroxyl groups is 1. The van der Waals surface area contributed by atoms with Gasteiger partial charge in [-0.3, -0.25) is 4.79 Å². The molecule has 1 N–H and O–H groups in total. The molecule has 0 fully saturated rings. The molecule has 0 aliphatic rings. The minimum absolute atomic E-state index is 0.344. The fourth-order valence-electron chi connectivity index (χ4n) is 0.718. The second kappa shape index (κ2) is 3.41. The van der Waals surface area contributed by atoms with Crippen molar-refractivity contribution in [3.63, 3.8) is 0 Å². The monoisotopic (exact) mass is 252 g/mol.